The number of anilines is 1. The second kappa shape index (κ2) is 7.45. The van der Waals surface area contributed by atoms with E-state index in [0.717, 1.165) is 54.6 Å². The third-order valence-electron chi connectivity index (χ3n) is 4.75. The van der Waals surface area contributed by atoms with Gasteiger partial charge in [-0.1, -0.05) is 17.7 Å². The van der Waals surface area contributed by atoms with Gasteiger partial charge < -0.3 is 15.0 Å². The molecule has 0 saturated carbocycles. The van der Waals surface area contributed by atoms with Gasteiger partial charge >= 0.3 is 0 Å². The van der Waals surface area contributed by atoms with Gasteiger partial charge in [0.1, 0.15) is 10.9 Å². The lowest BCUT2D eigenvalue weighted by atomic mass is 10.0. The van der Waals surface area contributed by atoms with E-state index in [1.807, 2.05) is 26.1 Å². The molecule has 1 saturated heterocycles. The van der Waals surface area contributed by atoms with E-state index in [1.165, 1.54) is 5.69 Å². The van der Waals surface area contributed by atoms with Crippen LogP contribution in [0.2, 0.25) is 5.15 Å². The van der Waals surface area contributed by atoms with Crippen molar-refractivity contribution in [3.05, 3.63) is 40.7 Å². The number of rotatable bonds is 5. The number of aryl methyl sites for hydroxylation is 2. The van der Waals surface area contributed by atoms with Gasteiger partial charge in [0, 0.05) is 50.0 Å². The topological polar surface area (TPSA) is 42.3 Å². The number of benzene rings is 1. The highest BCUT2D eigenvalue weighted by Crippen LogP contribution is 2.25. The van der Waals surface area contributed by atoms with Gasteiger partial charge in [0.05, 0.1) is 12.8 Å². The number of hydrogen-bond donors (Lipinski definition) is 1. The minimum atomic E-state index is 0.516. The average Bonchev–Trinajstić information content (AvgIpc) is 2.86. The summed E-state index contributed by atoms with van der Waals surface area (Å²) in [5.74, 6) is 0.912. The Morgan fingerprint density at radius 2 is 2.08 bits per heavy atom. The monoisotopic (exact) mass is 348 g/mol. The summed E-state index contributed by atoms with van der Waals surface area (Å²) in [6.45, 7) is 4.88. The molecule has 0 radical (unpaired) electrons. The summed E-state index contributed by atoms with van der Waals surface area (Å²) in [5.41, 5.74) is 3.34. The quantitative estimate of drug-likeness (QED) is 0.901. The van der Waals surface area contributed by atoms with Crippen molar-refractivity contribution in [2.24, 2.45) is 7.05 Å². The summed E-state index contributed by atoms with van der Waals surface area (Å²) in [7, 11) is 3.59. The minimum absolute atomic E-state index is 0.516. The van der Waals surface area contributed by atoms with Crippen molar-refractivity contribution in [2.75, 3.05) is 25.1 Å². The molecule has 0 bridgehead atoms. The second-order valence-corrected chi connectivity index (χ2v) is 6.68. The molecule has 0 atom stereocenters. The smallest absolute Gasteiger partial charge is 0.131 e. The summed E-state index contributed by atoms with van der Waals surface area (Å²) in [4.78, 5) is 2.42. The molecule has 1 aromatic carbocycles. The van der Waals surface area contributed by atoms with Gasteiger partial charge in [-0.25, -0.2) is 0 Å². The first-order valence-corrected chi connectivity index (χ1v) is 8.76. The maximum atomic E-state index is 6.30. The molecule has 5 nitrogen and oxygen atoms in total. The standard InChI is InChI=1S/C18H25ClN4O/c1-13-17(18(19)22(2)21-13)12-20-14-7-9-23(10-8-14)15-5-4-6-16(11-15)24-3/h4-6,11,14,20H,7-10,12H2,1-3H3. The maximum Gasteiger partial charge on any atom is 0.131 e. The Morgan fingerprint density at radius 1 is 1.33 bits per heavy atom. The number of hydrogen-bond acceptors (Lipinski definition) is 4. The van der Waals surface area contributed by atoms with Crippen molar-refractivity contribution in [3.8, 4) is 5.75 Å². The summed E-state index contributed by atoms with van der Waals surface area (Å²) in [6, 6.07) is 8.80. The molecule has 24 heavy (non-hydrogen) atoms. The first-order valence-electron chi connectivity index (χ1n) is 8.39. The maximum absolute atomic E-state index is 6.30. The number of aromatic nitrogens is 2. The van der Waals surface area contributed by atoms with Crippen LogP contribution >= 0.6 is 11.6 Å². The van der Waals surface area contributed by atoms with Crippen molar-refractivity contribution in [1.29, 1.82) is 0 Å². The van der Waals surface area contributed by atoms with Gasteiger partial charge in [-0.2, -0.15) is 5.10 Å². The van der Waals surface area contributed by atoms with Gasteiger partial charge in [0.2, 0.25) is 0 Å². The molecule has 1 aliphatic heterocycles. The van der Waals surface area contributed by atoms with Crippen LogP contribution in [0.25, 0.3) is 0 Å². The van der Waals surface area contributed by atoms with E-state index in [0.29, 0.717) is 6.04 Å². The van der Waals surface area contributed by atoms with Crippen LogP contribution in [0.1, 0.15) is 24.1 Å². The Labute approximate surface area is 148 Å². The molecule has 1 aromatic heterocycles. The third-order valence-corrected chi connectivity index (χ3v) is 5.22. The molecule has 0 amide bonds. The number of methoxy groups -OCH3 is 1. The van der Waals surface area contributed by atoms with Gasteiger partial charge in [-0.15, -0.1) is 0 Å². The summed E-state index contributed by atoms with van der Waals surface area (Å²) < 4.78 is 7.05. The molecular weight excluding hydrogens is 324 g/mol. The summed E-state index contributed by atoms with van der Waals surface area (Å²) >= 11 is 6.30. The van der Waals surface area contributed by atoms with Crippen LogP contribution in [0.4, 0.5) is 5.69 Å². The number of nitrogens with one attached hydrogen (secondary N) is 1. The zero-order chi connectivity index (χ0) is 17.1. The van der Waals surface area contributed by atoms with Crippen LogP contribution in [-0.2, 0) is 13.6 Å². The van der Waals surface area contributed by atoms with E-state index < -0.39 is 0 Å². The average molecular weight is 349 g/mol. The van der Waals surface area contributed by atoms with Crippen LogP contribution in [0.5, 0.6) is 5.75 Å². The van der Waals surface area contributed by atoms with Crippen LogP contribution < -0.4 is 15.0 Å². The van der Waals surface area contributed by atoms with E-state index >= 15 is 0 Å². The SMILES string of the molecule is COc1cccc(N2CCC(NCc3c(C)nn(C)c3Cl)CC2)c1. The second-order valence-electron chi connectivity index (χ2n) is 6.32. The predicted molar refractivity (Wildman–Crippen MR) is 98.0 cm³/mol. The molecule has 0 unspecified atom stereocenters. The Hall–Kier alpha value is -1.72. The van der Waals surface area contributed by atoms with Crippen LogP contribution in [-0.4, -0.2) is 36.0 Å². The lowest BCUT2D eigenvalue weighted by Crippen LogP contribution is -2.42. The fourth-order valence-corrected chi connectivity index (χ4v) is 3.51. The number of halogens is 1. The van der Waals surface area contributed by atoms with Gasteiger partial charge in [-0.05, 0) is 31.9 Å². The fourth-order valence-electron chi connectivity index (χ4n) is 3.27. The molecule has 3 rings (SSSR count). The lowest BCUT2D eigenvalue weighted by Gasteiger charge is -2.34. The van der Waals surface area contributed by atoms with E-state index in [9.17, 15) is 0 Å². The Morgan fingerprint density at radius 3 is 2.71 bits per heavy atom. The van der Waals surface area contributed by atoms with E-state index in [-0.39, 0.29) is 0 Å². The van der Waals surface area contributed by atoms with Gasteiger partial charge in [0.25, 0.3) is 0 Å². The first kappa shape index (κ1) is 17.1. The number of ether oxygens (including phenoxy) is 1. The third kappa shape index (κ3) is 3.68. The first-order chi connectivity index (χ1) is 11.6. The molecule has 6 heteroatoms. The Balaban J connectivity index is 1.53. The Kier molecular flexibility index (Phi) is 5.31. The largest absolute Gasteiger partial charge is 0.497 e. The van der Waals surface area contributed by atoms with E-state index in [4.69, 9.17) is 16.3 Å². The molecule has 2 heterocycles. The van der Waals surface area contributed by atoms with Gasteiger partial charge in [-0.3, -0.25) is 4.68 Å². The van der Waals surface area contributed by atoms with E-state index in [1.54, 1.807) is 11.8 Å². The molecule has 1 aliphatic rings. The molecule has 2 aromatic rings. The predicted octanol–water partition coefficient (Wildman–Crippen LogP) is 3.15. The Bertz CT molecular complexity index is 692. The highest BCUT2D eigenvalue weighted by Gasteiger charge is 2.20. The molecule has 0 spiro atoms. The molecule has 130 valence electrons. The van der Waals surface area contributed by atoms with Crippen LogP contribution in [0, 0.1) is 6.92 Å². The lowest BCUT2D eigenvalue weighted by molar-refractivity contribution is 0.408. The van der Waals surface area contributed by atoms with Crippen molar-refractivity contribution in [3.63, 3.8) is 0 Å². The molecule has 1 fully saturated rings. The van der Waals surface area contributed by atoms with Crippen molar-refractivity contribution >= 4 is 17.3 Å². The van der Waals surface area contributed by atoms with Crippen LogP contribution in [0.15, 0.2) is 24.3 Å². The molecular formula is C18H25ClN4O. The minimum Gasteiger partial charge on any atom is -0.497 e. The number of piperidine rings is 1. The zero-order valence-corrected chi connectivity index (χ0v) is 15.3. The highest BCUT2D eigenvalue weighted by molar-refractivity contribution is 6.30. The van der Waals surface area contributed by atoms with Crippen molar-refractivity contribution in [1.82, 2.24) is 15.1 Å². The normalized spacial score (nSPS) is 15.8. The van der Waals surface area contributed by atoms with Crippen LogP contribution in [0.3, 0.4) is 0 Å². The van der Waals surface area contributed by atoms with Crippen molar-refractivity contribution in [2.45, 2.75) is 32.4 Å². The zero-order valence-electron chi connectivity index (χ0n) is 14.6. The highest BCUT2D eigenvalue weighted by atomic mass is 35.5. The molecule has 1 N–H and O–H groups in total. The number of nitrogens with zero attached hydrogens (tertiary/aromatic N) is 3. The fraction of sp³-hybridized carbons (Fsp3) is 0.500. The summed E-state index contributed by atoms with van der Waals surface area (Å²) in [6.07, 6.45) is 2.24. The molecule has 0 aliphatic carbocycles. The van der Waals surface area contributed by atoms with Crippen molar-refractivity contribution < 1.29 is 4.74 Å². The summed E-state index contributed by atoms with van der Waals surface area (Å²) in [5, 5.41) is 8.74. The van der Waals surface area contributed by atoms with E-state index in [2.05, 4.69) is 27.4 Å². The van der Waals surface area contributed by atoms with Gasteiger partial charge in [0.15, 0.2) is 0 Å².